The maximum Gasteiger partial charge on any atom is 0.242 e. The number of fused-ring (bicyclic) bond motifs is 1. The van der Waals surface area contributed by atoms with Gasteiger partial charge in [-0.3, -0.25) is 4.79 Å². The predicted octanol–water partition coefficient (Wildman–Crippen LogP) is 1.54. The molecule has 1 aliphatic carbocycles. The maximum atomic E-state index is 12.0. The van der Waals surface area contributed by atoms with Crippen LogP contribution in [0.1, 0.15) is 12.8 Å². The minimum atomic E-state index is -0.0828. The summed E-state index contributed by atoms with van der Waals surface area (Å²) in [6.45, 7) is 0. The van der Waals surface area contributed by atoms with E-state index in [2.05, 4.69) is 31.5 Å². The van der Waals surface area contributed by atoms with Gasteiger partial charge in [0.15, 0.2) is 0 Å². The molecule has 2 N–H and O–H groups in total. The number of piperidine rings is 1. The second kappa shape index (κ2) is 4.51. The average molecular weight is 312 g/mol. The molecule has 18 heavy (non-hydrogen) atoms. The molecule has 3 atom stereocenters. The van der Waals surface area contributed by atoms with Gasteiger partial charge < -0.3 is 15.4 Å². The van der Waals surface area contributed by atoms with Crippen molar-refractivity contribution in [2.24, 2.45) is 5.92 Å². The molecule has 1 aliphatic heterocycles. The van der Waals surface area contributed by atoms with E-state index in [0.29, 0.717) is 28.1 Å². The first-order valence-corrected chi connectivity index (χ1v) is 6.73. The fourth-order valence-electron chi connectivity index (χ4n) is 2.39. The molecule has 1 aromatic heterocycles. The molecule has 96 valence electrons. The van der Waals surface area contributed by atoms with E-state index in [1.165, 1.54) is 6.42 Å². The zero-order valence-corrected chi connectivity index (χ0v) is 11.5. The number of anilines is 1. The van der Waals surface area contributed by atoms with Crippen molar-refractivity contribution in [2.75, 3.05) is 12.4 Å². The van der Waals surface area contributed by atoms with E-state index in [9.17, 15) is 4.79 Å². The molecule has 6 heteroatoms. The van der Waals surface area contributed by atoms with E-state index < -0.39 is 0 Å². The standard InChI is InChI=1S/C12H14BrN3O2/c1-18-7-4-10(13)15-11(5-7)16-12(17)9-3-6-2-8(6)14-9/h4-6,8-9,14H,2-3H2,1H3,(H,15,16,17)/t6?,8-,9+/m1/s1. The SMILES string of the molecule is COc1cc(Br)nc(NC(=O)[C@@H]2CC3C[C@H]3N2)c1. The van der Waals surface area contributed by atoms with E-state index in [0.717, 1.165) is 6.42 Å². The molecule has 0 bridgehead atoms. The summed E-state index contributed by atoms with van der Waals surface area (Å²) in [5, 5.41) is 6.13. The van der Waals surface area contributed by atoms with Crippen molar-refractivity contribution >= 4 is 27.7 Å². The fraction of sp³-hybridized carbons (Fsp3) is 0.500. The second-order valence-electron chi connectivity index (χ2n) is 4.76. The molecule has 0 radical (unpaired) electrons. The fourth-order valence-corrected chi connectivity index (χ4v) is 2.81. The number of rotatable bonds is 3. The van der Waals surface area contributed by atoms with Gasteiger partial charge in [-0.25, -0.2) is 4.98 Å². The number of hydrogen-bond donors (Lipinski definition) is 2. The number of hydrogen-bond acceptors (Lipinski definition) is 4. The highest BCUT2D eigenvalue weighted by Gasteiger charge is 2.47. The number of ether oxygens (including phenoxy) is 1. The van der Waals surface area contributed by atoms with Crippen LogP contribution in [0.3, 0.4) is 0 Å². The van der Waals surface area contributed by atoms with Gasteiger partial charge in [-0.05, 0) is 34.7 Å². The van der Waals surface area contributed by atoms with Crippen molar-refractivity contribution in [1.29, 1.82) is 0 Å². The Hall–Kier alpha value is -1.14. The lowest BCUT2D eigenvalue weighted by Gasteiger charge is -2.13. The van der Waals surface area contributed by atoms with E-state index in [-0.39, 0.29) is 11.9 Å². The molecule has 5 nitrogen and oxygen atoms in total. The number of aromatic nitrogens is 1. The van der Waals surface area contributed by atoms with Gasteiger partial charge in [0, 0.05) is 18.2 Å². The number of pyridine rings is 1. The largest absolute Gasteiger partial charge is 0.497 e. The van der Waals surface area contributed by atoms with Crippen LogP contribution in [0.2, 0.25) is 0 Å². The van der Waals surface area contributed by atoms with Crippen molar-refractivity contribution in [3.8, 4) is 5.75 Å². The highest BCUT2D eigenvalue weighted by molar-refractivity contribution is 9.10. The number of amides is 1. The van der Waals surface area contributed by atoms with Crippen molar-refractivity contribution in [1.82, 2.24) is 10.3 Å². The number of carbonyl (C=O) groups is 1. The lowest BCUT2D eigenvalue weighted by molar-refractivity contribution is -0.118. The predicted molar refractivity (Wildman–Crippen MR) is 70.6 cm³/mol. The third-order valence-electron chi connectivity index (χ3n) is 3.45. The first-order valence-electron chi connectivity index (χ1n) is 5.94. The molecule has 0 aromatic carbocycles. The van der Waals surface area contributed by atoms with Crippen LogP contribution in [-0.2, 0) is 4.79 Å². The van der Waals surface area contributed by atoms with Crippen LogP contribution in [0.25, 0.3) is 0 Å². The molecule has 3 rings (SSSR count). The van der Waals surface area contributed by atoms with Gasteiger partial charge in [0.05, 0.1) is 13.2 Å². The Morgan fingerprint density at radius 2 is 2.39 bits per heavy atom. The van der Waals surface area contributed by atoms with Crippen LogP contribution in [0.5, 0.6) is 5.75 Å². The lowest BCUT2D eigenvalue weighted by Crippen LogP contribution is -2.38. The summed E-state index contributed by atoms with van der Waals surface area (Å²) < 4.78 is 5.77. The van der Waals surface area contributed by atoms with Crippen LogP contribution in [0.4, 0.5) is 5.82 Å². The number of nitrogens with zero attached hydrogens (tertiary/aromatic N) is 1. The topological polar surface area (TPSA) is 63.2 Å². The Morgan fingerprint density at radius 3 is 3.06 bits per heavy atom. The van der Waals surface area contributed by atoms with Crippen molar-refractivity contribution in [2.45, 2.75) is 24.9 Å². The van der Waals surface area contributed by atoms with Crippen LogP contribution in [-0.4, -0.2) is 30.1 Å². The Bertz CT molecular complexity index is 484. The summed E-state index contributed by atoms with van der Waals surface area (Å²) in [6.07, 6.45) is 2.15. The van der Waals surface area contributed by atoms with Crippen molar-refractivity contribution in [3.05, 3.63) is 16.7 Å². The van der Waals surface area contributed by atoms with Gasteiger partial charge in [0.25, 0.3) is 0 Å². The smallest absolute Gasteiger partial charge is 0.242 e. The average Bonchev–Trinajstić information content (AvgIpc) is 2.95. The van der Waals surface area contributed by atoms with Gasteiger partial charge >= 0.3 is 0 Å². The van der Waals surface area contributed by atoms with Crippen LogP contribution < -0.4 is 15.4 Å². The quantitative estimate of drug-likeness (QED) is 0.831. The second-order valence-corrected chi connectivity index (χ2v) is 5.57. The van der Waals surface area contributed by atoms with E-state index in [4.69, 9.17) is 4.74 Å². The maximum absolute atomic E-state index is 12.0. The van der Waals surface area contributed by atoms with E-state index in [1.54, 1.807) is 19.2 Å². The number of nitrogens with one attached hydrogen (secondary N) is 2. The summed E-state index contributed by atoms with van der Waals surface area (Å²) in [5.41, 5.74) is 0. The van der Waals surface area contributed by atoms with Crippen molar-refractivity contribution < 1.29 is 9.53 Å². The molecule has 2 aliphatic rings. The third-order valence-corrected chi connectivity index (χ3v) is 3.85. The number of carbonyl (C=O) groups excluding carboxylic acids is 1. The highest BCUT2D eigenvalue weighted by Crippen LogP contribution is 2.40. The van der Waals surface area contributed by atoms with Gasteiger partial charge in [-0.2, -0.15) is 0 Å². The molecule has 1 aromatic rings. The van der Waals surface area contributed by atoms with Crippen molar-refractivity contribution in [3.63, 3.8) is 0 Å². The minimum Gasteiger partial charge on any atom is -0.497 e. The zero-order valence-electron chi connectivity index (χ0n) is 9.94. The summed E-state index contributed by atoms with van der Waals surface area (Å²) in [6, 6.07) is 3.93. The Labute approximate surface area is 113 Å². The first-order chi connectivity index (χ1) is 8.65. The molecular formula is C12H14BrN3O2. The van der Waals surface area contributed by atoms with E-state index in [1.807, 2.05) is 0 Å². The molecule has 1 saturated carbocycles. The summed E-state index contributed by atoms with van der Waals surface area (Å²) >= 11 is 3.29. The first kappa shape index (κ1) is 11.9. The van der Waals surface area contributed by atoms with Crippen LogP contribution in [0.15, 0.2) is 16.7 Å². The van der Waals surface area contributed by atoms with E-state index >= 15 is 0 Å². The van der Waals surface area contributed by atoms with Crippen LogP contribution >= 0.6 is 15.9 Å². The monoisotopic (exact) mass is 311 g/mol. The van der Waals surface area contributed by atoms with Gasteiger partial charge in [0.2, 0.25) is 5.91 Å². The molecule has 0 spiro atoms. The minimum absolute atomic E-state index is 0.0187. The Morgan fingerprint density at radius 1 is 1.56 bits per heavy atom. The number of methoxy groups -OCH3 is 1. The number of halogens is 1. The summed E-state index contributed by atoms with van der Waals surface area (Å²) in [7, 11) is 1.58. The van der Waals surface area contributed by atoms with Gasteiger partial charge in [0.1, 0.15) is 16.2 Å². The highest BCUT2D eigenvalue weighted by atomic mass is 79.9. The van der Waals surface area contributed by atoms with Crippen LogP contribution in [0, 0.1) is 5.92 Å². The summed E-state index contributed by atoms with van der Waals surface area (Å²) in [5.74, 6) is 1.85. The lowest BCUT2D eigenvalue weighted by atomic mass is 10.2. The molecule has 2 fully saturated rings. The molecule has 1 amide bonds. The third kappa shape index (κ3) is 2.35. The molecule has 1 unspecified atom stereocenters. The van der Waals surface area contributed by atoms with Gasteiger partial charge in [-0.1, -0.05) is 0 Å². The Kier molecular flexibility index (Phi) is 2.99. The molecular weight excluding hydrogens is 298 g/mol. The normalized spacial score (nSPS) is 28.7. The molecule has 1 saturated heterocycles. The summed E-state index contributed by atoms with van der Waals surface area (Å²) in [4.78, 5) is 16.2. The van der Waals surface area contributed by atoms with Gasteiger partial charge in [-0.15, -0.1) is 0 Å². The molecule has 2 heterocycles. The zero-order chi connectivity index (χ0) is 12.7. The Balaban J connectivity index is 1.68.